The maximum atomic E-state index is 8.83. The first kappa shape index (κ1) is 11.7. The van der Waals surface area contributed by atoms with Gasteiger partial charge < -0.3 is 14.6 Å². The lowest BCUT2D eigenvalue weighted by Crippen LogP contribution is -2.63. The molecule has 1 aliphatic carbocycles. The smallest absolute Gasteiger partial charge is 0.204 e. The fourth-order valence-corrected chi connectivity index (χ4v) is 3.73. The van der Waals surface area contributed by atoms with E-state index in [0.29, 0.717) is 22.8 Å². The van der Waals surface area contributed by atoms with Crippen molar-refractivity contribution in [2.75, 3.05) is 25.5 Å². The van der Waals surface area contributed by atoms with Gasteiger partial charge >= 0.3 is 0 Å². The minimum atomic E-state index is 0.332. The van der Waals surface area contributed by atoms with Gasteiger partial charge in [0.05, 0.1) is 6.20 Å². The Kier molecular flexibility index (Phi) is 2.33. The fraction of sp³-hybridized carbons (Fsp3) is 0.467. The van der Waals surface area contributed by atoms with E-state index >= 15 is 0 Å². The number of nitrogens with zero attached hydrogens (tertiary/aromatic N) is 3. The number of nitriles is 1. The number of likely N-dealkylation sites (tertiary alicyclic amines) is 1. The maximum absolute atomic E-state index is 8.83. The Morgan fingerprint density at radius 1 is 1.45 bits per heavy atom. The summed E-state index contributed by atoms with van der Waals surface area (Å²) in [5.41, 5.74) is 1.23. The lowest BCUT2D eigenvalue weighted by Gasteiger charge is -2.58. The normalized spacial score (nSPS) is 21.4. The summed E-state index contributed by atoms with van der Waals surface area (Å²) in [5, 5.41) is 13.2. The van der Waals surface area contributed by atoms with Crippen LogP contribution in [-0.2, 0) is 0 Å². The molecule has 0 atom stereocenters. The van der Waals surface area contributed by atoms with E-state index in [2.05, 4.69) is 22.2 Å². The maximum Gasteiger partial charge on any atom is 0.204 e. The van der Waals surface area contributed by atoms with Crippen LogP contribution < -0.4 is 5.32 Å². The largest absolute Gasteiger partial charge is 0.444 e. The molecule has 1 saturated heterocycles. The molecule has 0 radical (unpaired) electrons. The molecule has 1 N–H and O–H groups in total. The molecule has 0 aromatic carbocycles. The molecular formula is C15H16N4O. The van der Waals surface area contributed by atoms with E-state index in [9.17, 15) is 0 Å². The van der Waals surface area contributed by atoms with Crippen molar-refractivity contribution >= 4 is 16.8 Å². The van der Waals surface area contributed by atoms with Crippen LogP contribution in [0.2, 0.25) is 0 Å². The quantitative estimate of drug-likeness (QED) is 0.904. The Balaban J connectivity index is 1.46. The van der Waals surface area contributed by atoms with Crippen LogP contribution in [0.5, 0.6) is 0 Å². The van der Waals surface area contributed by atoms with E-state index in [4.69, 9.17) is 9.68 Å². The molecule has 1 aliphatic heterocycles. The fourth-order valence-electron chi connectivity index (χ4n) is 3.73. The third-order valence-electron chi connectivity index (χ3n) is 4.44. The Hall–Kier alpha value is -2.06. The van der Waals surface area contributed by atoms with Gasteiger partial charge in [0.2, 0.25) is 5.76 Å². The van der Waals surface area contributed by atoms with Crippen LogP contribution >= 0.6 is 0 Å². The first-order valence-corrected chi connectivity index (χ1v) is 6.91. The van der Waals surface area contributed by atoms with Crippen molar-refractivity contribution in [1.29, 1.82) is 5.26 Å². The number of rotatable bonds is 2. The molecule has 5 nitrogen and oxygen atoms in total. The van der Waals surface area contributed by atoms with E-state index in [0.717, 1.165) is 11.2 Å². The molecule has 0 amide bonds. The van der Waals surface area contributed by atoms with Gasteiger partial charge in [-0.25, -0.2) is 4.98 Å². The van der Waals surface area contributed by atoms with E-state index in [1.165, 1.54) is 25.9 Å². The molecule has 1 saturated carbocycles. The molecule has 5 heteroatoms. The van der Waals surface area contributed by atoms with Gasteiger partial charge in [-0.2, -0.15) is 5.26 Å². The summed E-state index contributed by atoms with van der Waals surface area (Å²) in [5.74, 6) is 1.20. The van der Waals surface area contributed by atoms with Crippen molar-refractivity contribution in [3.63, 3.8) is 0 Å². The second-order valence-electron chi connectivity index (χ2n) is 6.25. The molecule has 0 bridgehead atoms. The minimum Gasteiger partial charge on any atom is -0.444 e. The highest BCUT2D eigenvalue weighted by Gasteiger charge is 2.51. The second-order valence-corrected chi connectivity index (χ2v) is 6.25. The lowest BCUT2D eigenvalue weighted by molar-refractivity contribution is -0.0513. The summed E-state index contributed by atoms with van der Waals surface area (Å²) in [7, 11) is 2.17. The molecule has 3 heterocycles. The molecule has 2 fully saturated rings. The topological polar surface area (TPSA) is 65.1 Å². The van der Waals surface area contributed by atoms with Gasteiger partial charge in [0.25, 0.3) is 0 Å². The van der Waals surface area contributed by atoms with Gasteiger partial charge in [-0.1, -0.05) is 0 Å². The van der Waals surface area contributed by atoms with Gasteiger partial charge in [0, 0.05) is 30.6 Å². The highest BCUT2D eigenvalue weighted by Crippen LogP contribution is 2.48. The lowest BCUT2D eigenvalue weighted by atomic mass is 9.61. The van der Waals surface area contributed by atoms with Gasteiger partial charge in [0.15, 0.2) is 5.58 Å². The van der Waals surface area contributed by atoms with Crippen molar-refractivity contribution < 1.29 is 4.42 Å². The Morgan fingerprint density at radius 3 is 2.95 bits per heavy atom. The first-order chi connectivity index (χ1) is 9.66. The zero-order valence-corrected chi connectivity index (χ0v) is 11.4. The number of fused-ring (bicyclic) bond motifs is 1. The van der Waals surface area contributed by atoms with Crippen LogP contribution in [0.15, 0.2) is 22.7 Å². The van der Waals surface area contributed by atoms with Gasteiger partial charge in [-0.15, -0.1) is 0 Å². The van der Waals surface area contributed by atoms with Crippen molar-refractivity contribution in [2.24, 2.45) is 5.41 Å². The summed E-state index contributed by atoms with van der Waals surface area (Å²) in [6, 6.07) is 6.24. The zero-order chi connectivity index (χ0) is 13.7. The van der Waals surface area contributed by atoms with Crippen molar-refractivity contribution in [3.8, 4) is 6.07 Å². The van der Waals surface area contributed by atoms with Crippen LogP contribution in [0.1, 0.15) is 18.6 Å². The highest BCUT2D eigenvalue weighted by atomic mass is 16.3. The summed E-state index contributed by atoms with van der Waals surface area (Å²) in [6.45, 7) is 2.45. The van der Waals surface area contributed by atoms with Gasteiger partial charge in [0.1, 0.15) is 11.9 Å². The van der Waals surface area contributed by atoms with Crippen LogP contribution in [0.25, 0.3) is 11.0 Å². The monoisotopic (exact) mass is 268 g/mol. The summed E-state index contributed by atoms with van der Waals surface area (Å²) in [4.78, 5) is 6.73. The van der Waals surface area contributed by atoms with E-state index in [-0.39, 0.29) is 0 Å². The van der Waals surface area contributed by atoms with Crippen molar-refractivity contribution in [3.05, 3.63) is 24.1 Å². The van der Waals surface area contributed by atoms with Crippen LogP contribution in [-0.4, -0.2) is 36.1 Å². The summed E-state index contributed by atoms with van der Waals surface area (Å²) < 4.78 is 5.33. The van der Waals surface area contributed by atoms with Gasteiger partial charge in [-0.3, -0.25) is 0 Å². The molecule has 0 unspecified atom stereocenters. The van der Waals surface area contributed by atoms with Gasteiger partial charge in [-0.05, 0) is 31.4 Å². The number of furan rings is 1. The number of nitrogens with one attached hydrogen (secondary N) is 1. The van der Waals surface area contributed by atoms with Crippen molar-refractivity contribution in [1.82, 2.24) is 9.88 Å². The number of aromatic nitrogens is 1. The second kappa shape index (κ2) is 3.97. The average molecular weight is 268 g/mol. The Morgan fingerprint density at radius 2 is 2.25 bits per heavy atom. The summed E-state index contributed by atoms with van der Waals surface area (Å²) >= 11 is 0. The standard InChI is InChI=1S/C15H16N4O/c1-19-8-15(9-19)4-11(5-15)18-14-3-10-2-12(6-16)20-13(10)7-17-14/h2-3,7,11H,4-5,8-9H2,1H3,(H,17,18). The molecule has 2 aromatic heterocycles. The highest BCUT2D eigenvalue weighted by molar-refractivity contribution is 5.80. The van der Waals surface area contributed by atoms with E-state index < -0.39 is 0 Å². The third-order valence-corrected chi connectivity index (χ3v) is 4.44. The molecule has 102 valence electrons. The molecule has 2 aliphatic rings. The predicted molar refractivity (Wildman–Crippen MR) is 75.3 cm³/mol. The molecule has 1 spiro atoms. The van der Waals surface area contributed by atoms with Crippen LogP contribution in [0.4, 0.5) is 5.82 Å². The van der Waals surface area contributed by atoms with E-state index in [1.54, 1.807) is 12.3 Å². The zero-order valence-electron chi connectivity index (χ0n) is 11.4. The summed E-state index contributed by atoms with van der Waals surface area (Å²) in [6.07, 6.45) is 4.14. The van der Waals surface area contributed by atoms with Crippen molar-refractivity contribution in [2.45, 2.75) is 18.9 Å². The molecule has 20 heavy (non-hydrogen) atoms. The van der Waals surface area contributed by atoms with E-state index in [1.807, 2.05) is 12.1 Å². The minimum absolute atomic E-state index is 0.332. The van der Waals surface area contributed by atoms with Crippen LogP contribution in [0.3, 0.4) is 0 Å². The number of hydrogen-bond donors (Lipinski definition) is 1. The van der Waals surface area contributed by atoms with Crippen LogP contribution in [0, 0.1) is 16.7 Å². The molecule has 2 aromatic rings. The first-order valence-electron chi connectivity index (χ1n) is 6.91. The Labute approximate surface area is 117 Å². The molecular weight excluding hydrogens is 252 g/mol. The predicted octanol–water partition coefficient (Wildman–Crippen LogP) is 2.21. The molecule has 4 rings (SSSR count). The number of anilines is 1. The average Bonchev–Trinajstić information content (AvgIpc) is 2.76. The third kappa shape index (κ3) is 1.76. The number of hydrogen-bond acceptors (Lipinski definition) is 5. The number of pyridine rings is 1. The SMILES string of the molecule is CN1CC2(CC(Nc3cc4cc(C#N)oc4cn3)C2)C1. The Bertz CT molecular complexity index is 700.